The molecular weight excluding hydrogens is 254 g/mol. The van der Waals surface area contributed by atoms with Crippen LogP contribution in [-0.4, -0.2) is 43.7 Å². The van der Waals surface area contributed by atoms with Gasteiger partial charge in [-0.15, -0.1) is 0 Å². The van der Waals surface area contributed by atoms with Gasteiger partial charge in [0, 0.05) is 20.2 Å². The highest BCUT2D eigenvalue weighted by atomic mass is 16.5. The Balaban J connectivity index is 1.81. The summed E-state index contributed by atoms with van der Waals surface area (Å²) in [4.78, 5) is 13.9. The number of methoxy groups -OCH3 is 1. The van der Waals surface area contributed by atoms with Gasteiger partial charge in [0.05, 0.1) is 6.10 Å². The van der Waals surface area contributed by atoms with Crippen molar-refractivity contribution in [3.63, 3.8) is 0 Å². The highest BCUT2D eigenvalue weighted by Gasteiger charge is 2.22. The lowest BCUT2D eigenvalue weighted by Gasteiger charge is -2.31. The van der Waals surface area contributed by atoms with Crippen LogP contribution in [0.25, 0.3) is 0 Å². The van der Waals surface area contributed by atoms with E-state index in [-0.39, 0.29) is 12.5 Å². The molecule has 1 aliphatic rings. The van der Waals surface area contributed by atoms with E-state index in [1.807, 2.05) is 30.0 Å². The molecule has 0 radical (unpaired) electrons. The summed E-state index contributed by atoms with van der Waals surface area (Å²) in [5.74, 6) is 0.811. The molecule has 0 aromatic heterocycles. The highest BCUT2D eigenvalue weighted by molar-refractivity contribution is 5.77. The summed E-state index contributed by atoms with van der Waals surface area (Å²) in [6, 6.07) is 5.89. The van der Waals surface area contributed by atoms with Gasteiger partial charge in [-0.25, -0.2) is 0 Å². The van der Waals surface area contributed by atoms with Crippen LogP contribution in [0.2, 0.25) is 0 Å². The van der Waals surface area contributed by atoms with Crippen molar-refractivity contribution in [2.45, 2.75) is 32.8 Å². The van der Waals surface area contributed by atoms with Gasteiger partial charge in [-0.05, 0) is 49.9 Å². The number of amides is 1. The number of nitrogens with zero attached hydrogens (tertiary/aromatic N) is 1. The average molecular weight is 277 g/mol. The van der Waals surface area contributed by atoms with Crippen LogP contribution >= 0.6 is 0 Å². The smallest absolute Gasteiger partial charge is 0.260 e. The van der Waals surface area contributed by atoms with Crippen LogP contribution in [-0.2, 0) is 9.53 Å². The van der Waals surface area contributed by atoms with Gasteiger partial charge in [0.2, 0.25) is 0 Å². The lowest BCUT2D eigenvalue weighted by molar-refractivity contribution is -0.135. The summed E-state index contributed by atoms with van der Waals surface area (Å²) in [6.45, 7) is 5.73. The van der Waals surface area contributed by atoms with Crippen LogP contribution in [0.5, 0.6) is 5.75 Å². The first kappa shape index (κ1) is 14.9. The van der Waals surface area contributed by atoms with Crippen LogP contribution in [0.4, 0.5) is 0 Å². The van der Waals surface area contributed by atoms with Gasteiger partial charge in [0.15, 0.2) is 6.61 Å². The van der Waals surface area contributed by atoms with E-state index in [1.165, 1.54) is 11.1 Å². The molecule has 0 spiro atoms. The molecule has 1 aromatic rings. The zero-order valence-electron chi connectivity index (χ0n) is 12.5. The minimum atomic E-state index is 0.0535. The Labute approximate surface area is 120 Å². The number of benzene rings is 1. The molecule has 0 N–H and O–H groups in total. The number of ether oxygens (including phenoxy) is 2. The Morgan fingerprint density at radius 2 is 1.95 bits per heavy atom. The van der Waals surface area contributed by atoms with E-state index in [2.05, 4.69) is 6.92 Å². The molecule has 0 bridgehead atoms. The van der Waals surface area contributed by atoms with Crippen LogP contribution in [0.15, 0.2) is 18.2 Å². The van der Waals surface area contributed by atoms with Gasteiger partial charge in [0.1, 0.15) is 5.75 Å². The molecule has 2 rings (SSSR count). The van der Waals surface area contributed by atoms with E-state index >= 15 is 0 Å². The summed E-state index contributed by atoms with van der Waals surface area (Å²) >= 11 is 0. The van der Waals surface area contributed by atoms with Crippen LogP contribution < -0.4 is 4.74 Å². The molecule has 0 saturated carbocycles. The molecule has 0 atom stereocenters. The summed E-state index contributed by atoms with van der Waals surface area (Å²) in [5, 5.41) is 0. The van der Waals surface area contributed by atoms with Crippen molar-refractivity contribution in [2.24, 2.45) is 0 Å². The fourth-order valence-electron chi connectivity index (χ4n) is 2.38. The standard InChI is InChI=1S/C16H23NO3/c1-12-4-5-15(10-13(12)2)20-11-16(18)17-8-6-14(19-3)7-9-17/h4-5,10,14H,6-9,11H2,1-3H3. The summed E-state index contributed by atoms with van der Waals surface area (Å²) in [6.07, 6.45) is 2.11. The summed E-state index contributed by atoms with van der Waals surface area (Å²) in [5.41, 5.74) is 2.40. The number of carbonyl (C=O) groups is 1. The summed E-state index contributed by atoms with van der Waals surface area (Å²) < 4.78 is 10.9. The van der Waals surface area contributed by atoms with Crippen LogP contribution in [0, 0.1) is 13.8 Å². The van der Waals surface area contributed by atoms with Crippen molar-refractivity contribution in [3.05, 3.63) is 29.3 Å². The number of aryl methyl sites for hydroxylation is 2. The highest BCUT2D eigenvalue weighted by Crippen LogP contribution is 2.17. The predicted octanol–water partition coefficient (Wildman–Crippen LogP) is 2.32. The molecule has 1 fully saturated rings. The molecule has 20 heavy (non-hydrogen) atoms. The zero-order valence-corrected chi connectivity index (χ0v) is 12.5. The predicted molar refractivity (Wildman–Crippen MR) is 78.0 cm³/mol. The Kier molecular flexibility index (Phi) is 5.01. The molecule has 1 aromatic carbocycles. The van der Waals surface area contributed by atoms with Gasteiger partial charge in [-0.3, -0.25) is 4.79 Å². The second kappa shape index (κ2) is 6.75. The van der Waals surface area contributed by atoms with Crippen LogP contribution in [0.1, 0.15) is 24.0 Å². The number of piperidine rings is 1. The molecule has 1 saturated heterocycles. The third-order valence-corrected chi connectivity index (χ3v) is 3.97. The zero-order chi connectivity index (χ0) is 14.5. The monoisotopic (exact) mass is 277 g/mol. The maximum atomic E-state index is 12.1. The number of rotatable bonds is 4. The average Bonchev–Trinajstić information content (AvgIpc) is 2.48. The van der Waals surface area contributed by atoms with Gasteiger partial charge < -0.3 is 14.4 Å². The lowest BCUT2D eigenvalue weighted by Crippen LogP contribution is -2.42. The summed E-state index contributed by atoms with van der Waals surface area (Å²) in [7, 11) is 1.73. The minimum absolute atomic E-state index is 0.0535. The third kappa shape index (κ3) is 3.73. The molecule has 0 unspecified atom stereocenters. The quantitative estimate of drug-likeness (QED) is 0.848. The second-order valence-electron chi connectivity index (χ2n) is 5.35. The first-order chi connectivity index (χ1) is 9.60. The Bertz CT molecular complexity index is 465. The molecule has 4 nitrogen and oxygen atoms in total. The molecule has 4 heteroatoms. The van der Waals surface area contributed by atoms with E-state index in [1.54, 1.807) is 7.11 Å². The first-order valence-corrected chi connectivity index (χ1v) is 7.11. The number of likely N-dealkylation sites (tertiary alicyclic amines) is 1. The van der Waals surface area contributed by atoms with E-state index in [4.69, 9.17) is 9.47 Å². The molecule has 110 valence electrons. The Morgan fingerprint density at radius 3 is 2.55 bits per heavy atom. The largest absolute Gasteiger partial charge is 0.484 e. The van der Waals surface area contributed by atoms with E-state index in [9.17, 15) is 4.79 Å². The van der Waals surface area contributed by atoms with Gasteiger partial charge in [0.25, 0.3) is 5.91 Å². The first-order valence-electron chi connectivity index (χ1n) is 7.11. The normalized spacial score (nSPS) is 16.2. The molecular formula is C16H23NO3. The Hall–Kier alpha value is -1.55. The Morgan fingerprint density at radius 1 is 1.25 bits per heavy atom. The number of hydrogen-bond donors (Lipinski definition) is 0. The minimum Gasteiger partial charge on any atom is -0.484 e. The second-order valence-corrected chi connectivity index (χ2v) is 5.35. The van der Waals surface area contributed by atoms with Gasteiger partial charge in [-0.1, -0.05) is 6.07 Å². The van der Waals surface area contributed by atoms with E-state index in [0.29, 0.717) is 6.10 Å². The van der Waals surface area contributed by atoms with Crippen molar-refractivity contribution < 1.29 is 14.3 Å². The van der Waals surface area contributed by atoms with Crippen LogP contribution in [0.3, 0.4) is 0 Å². The lowest BCUT2D eigenvalue weighted by atomic mass is 10.1. The number of carbonyl (C=O) groups excluding carboxylic acids is 1. The third-order valence-electron chi connectivity index (χ3n) is 3.97. The van der Waals surface area contributed by atoms with Crippen molar-refractivity contribution >= 4 is 5.91 Å². The SMILES string of the molecule is COC1CCN(C(=O)COc2ccc(C)c(C)c2)CC1. The fraction of sp³-hybridized carbons (Fsp3) is 0.562. The van der Waals surface area contributed by atoms with Gasteiger partial charge >= 0.3 is 0 Å². The number of hydrogen-bond acceptors (Lipinski definition) is 3. The van der Waals surface area contributed by atoms with Gasteiger partial charge in [-0.2, -0.15) is 0 Å². The molecule has 1 aliphatic heterocycles. The van der Waals surface area contributed by atoms with Crippen molar-refractivity contribution in [1.29, 1.82) is 0 Å². The molecule has 1 amide bonds. The fourth-order valence-corrected chi connectivity index (χ4v) is 2.38. The topological polar surface area (TPSA) is 38.8 Å². The maximum absolute atomic E-state index is 12.1. The maximum Gasteiger partial charge on any atom is 0.260 e. The molecule has 0 aliphatic carbocycles. The van der Waals surface area contributed by atoms with E-state index in [0.717, 1.165) is 31.7 Å². The van der Waals surface area contributed by atoms with E-state index < -0.39 is 0 Å². The van der Waals surface area contributed by atoms with Crippen molar-refractivity contribution in [3.8, 4) is 5.75 Å². The van der Waals surface area contributed by atoms with Crippen molar-refractivity contribution in [2.75, 3.05) is 26.8 Å². The molecule has 1 heterocycles. The van der Waals surface area contributed by atoms with Crippen molar-refractivity contribution in [1.82, 2.24) is 4.90 Å².